The van der Waals surface area contributed by atoms with E-state index >= 15 is 0 Å². The van der Waals surface area contributed by atoms with Gasteiger partial charge in [-0.15, -0.1) is 0 Å². The standard InChI is InChI=1S/C14H11ClO2/c15-10-6-4-9(5-7-10)14-8-11-12(16)2-1-3-13(11)17-14/h4-8H,1-3H2. The van der Waals surface area contributed by atoms with Crippen LogP contribution in [0, 0.1) is 0 Å². The van der Waals surface area contributed by atoms with Crippen LogP contribution in [0.15, 0.2) is 34.7 Å². The molecule has 1 aromatic heterocycles. The summed E-state index contributed by atoms with van der Waals surface area (Å²) < 4.78 is 5.74. The van der Waals surface area contributed by atoms with Gasteiger partial charge in [-0.05, 0) is 36.8 Å². The largest absolute Gasteiger partial charge is 0.460 e. The topological polar surface area (TPSA) is 30.2 Å². The number of fused-ring (bicyclic) bond motifs is 1. The first-order valence-electron chi connectivity index (χ1n) is 5.66. The smallest absolute Gasteiger partial charge is 0.166 e. The number of carbonyl (C=O) groups excluding carboxylic acids is 1. The highest BCUT2D eigenvalue weighted by Gasteiger charge is 2.22. The predicted octanol–water partition coefficient (Wildman–Crippen LogP) is 4.12. The molecule has 3 rings (SSSR count). The monoisotopic (exact) mass is 246 g/mol. The zero-order valence-electron chi connectivity index (χ0n) is 9.20. The minimum atomic E-state index is 0.190. The van der Waals surface area contributed by atoms with E-state index in [1.165, 1.54) is 0 Å². The minimum Gasteiger partial charge on any atom is -0.460 e. The Morgan fingerprint density at radius 1 is 1.12 bits per heavy atom. The van der Waals surface area contributed by atoms with Crippen molar-refractivity contribution in [2.24, 2.45) is 0 Å². The second kappa shape index (κ2) is 4.04. The molecule has 0 saturated carbocycles. The molecule has 17 heavy (non-hydrogen) atoms. The summed E-state index contributed by atoms with van der Waals surface area (Å²) in [6.45, 7) is 0. The Bertz CT molecular complexity index is 566. The van der Waals surface area contributed by atoms with Crippen LogP contribution in [-0.2, 0) is 6.42 Å². The molecule has 86 valence electrons. The highest BCUT2D eigenvalue weighted by Crippen LogP contribution is 2.31. The van der Waals surface area contributed by atoms with E-state index in [1.54, 1.807) is 0 Å². The quantitative estimate of drug-likeness (QED) is 0.758. The molecule has 0 atom stereocenters. The molecule has 2 nitrogen and oxygen atoms in total. The number of halogens is 1. The third-order valence-corrected chi connectivity index (χ3v) is 3.30. The molecule has 0 N–H and O–H groups in total. The van der Waals surface area contributed by atoms with Crippen molar-refractivity contribution in [2.75, 3.05) is 0 Å². The highest BCUT2D eigenvalue weighted by molar-refractivity contribution is 6.30. The Kier molecular flexibility index (Phi) is 2.52. The molecule has 0 radical (unpaired) electrons. The molecule has 0 bridgehead atoms. The molecular formula is C14H11ClO2. The second-order valence-electron chi connectivity index (χ2n) is 4.23. The maximum Gasteiger partial charge on any atom is 0.166 e. The van der Waals surface area contributed by atoms with Crippen LogP contribution in [0.2, 0.25) is 5.02 Å². The summed E-state index contributed by atoms with van der Waals surface area (Å²) in [7, 11) is 0. The zero-order valence-corrected chi connectivity index (χ0v) is 9.96. The first-order chi connectivity index (χ1) is 8.24. The van der Waals surface area contributed by atoms with Crippen LogP contribution < -0.4 is 0 Å². The fourth-order valence-electron chi connectivity index (χ4n) is 2.15. The molecule has 0 spiro atoms. The maximum atomic E-state index is 11.7. The molecule has 1 heterocycles. The van der Waals surface area contributed by atoms with Crippen molar-refractivity contribution in [1.29, 1.82) is 0 Å². The lowest BCUT2D eigenvalue weighted by Crippen LogP contribution is -2.07. The number of carbonyl (C=O) groups is 1. The lowest BCUT2D eigenvalue weighted by atomic mass is 9.97. The first-order valence-corrected chi connectivity index (χ1v) is 6.04. The lowest BCUT2D eigenvalue weighted by Gasteiger charge is -2.06. The number of benzene rings is 1. The van der Waals surface area contributed by atoms with Crippen LogP contribution in [0.3, 0.4) is 0 Å². The van der Waals surface area contributed by atoms with Gasteiger partial charge in [0.05, 0.1) is 5.56 Å². The summed E-state index contributed by atoms with van der Waals surface area (Å²) in [6, 6.07) is 9.29. The van der Waals surface area contributed by atoms with Crippen molar-refractivity contribution in [1.82, 2.24) is 0 Å². The van der Waals surface area contributed by atoms with Gasteiger partial charge >= 0.3 is 0 Å². The summed E-state index contributed by atoms with van der Waals surface area (Å²) in [5.41, 5.74) is 1.71. The van der Waals surface area contributed by atoms with Gasteiger partial charge in [0.2, 0.25) is 0 Å². The normalized spacial score (nSPS) is 14.8. The van der Waals surface area contributed by atoms with Crippen LogP contribution in [0.5, 0.6) is 0 Å². The van der Waals surface area contributed by atoms with Crippen molar-refractivity contribution >= 4 is 17.4 Å². The van der Waals surface area contributed by atoms with Gasteiger partial charge in [0, 0.05) is 23.4 Å². The van der Waals surface area contributed by atoms with E-state index in [0.29, 0.717) is 11.4 Å². The van der Waals surface area contributed by atoms with Crippen LogP contribution in [-0.4, -0.2) is 5.78 Å². The van der Waals surface area contributed by atoms with Gasteiger partial charge in [-0.25, -0.2) is 0 Å². The number of hydrogen-bond donors (Lipinski definition) is 0. The van der Waals surface area contributed by atoms with E-state index in [2.05, 4.69) is 0 Å². The van der Waals surface area contributed by atoms with E-state index in [1.807, 2.05) is 30.3 Å². The molecule has 1 aliphatic rings. The molecule has 0 saturated heterocycles. The van der Waals surface area contributed by atoms with E-state index in [9.17, 15) is 4.79 Å². The third-order valence-electron chi connectivity index (χ3n) is 3.05. The van der Waals surface area contributed by atoms with Gasteiger partial charge in [-0.2, -0.15) is 0 Å². The van der Waals surface area contributed by atoms with Crippen molar-refractivity contribution in [3.8, 4) is 11.3 Å². The Hall–Kier alpha value is -1.54. The van der Waals surface area contributed by atoms with Crippen LogP contribution in [0.25, 0.3) is 11.3 Å². The van der Waals surface area contributed by atoms with E-state index in [0.717, 1.165) is 35.5 Å². The number of hydrogen-bond acceptors (Lipinski definition) is 2. The predicted molar refractivity (Wildman–Crippen MR) is 66.4 cm³/mol. The minimum absolute atomic E-state index is 0.190. The molecule has 0 aliphatic heterocycles. The average Bonchev–Trinajstić information content (AvgIpc) is 2.75. The second-order valence-corrected chi connectivity index (χ2v) is 4.67. The fraction of sp³-hybridized carbons (Fsp3) is 0.214. The third kappa shape index (κ3) is 1.89. The zero-order chi connectivity index (χ0) is 11.8. The number of rotatable bonds is 1. The Morgan fingerprint density at radius 2 is 1.88 bits per heavy atom. The number of furan rings is 1. The van der Waals surface area contributed by atoms with Crippen molar-refractivity contribution < 1.29 is 9.21 Å². The molecule has 1 aromatic carbocycles. The first kappa shape index (κ1) is 10.6. The van der Waals surface area contributed by atoms with Crippen LogP contribution in [0.1, 0.15) is 29.0 Å². The summed E-state index contributed by atoms with van der Waals surface area (Å²) in [6.07, 6.45) is 2.38. The lowest BCUT2D eigenvalue weighted by molar-refractivity contribution is 0.0969. The van der Waals surface area contributed by atoms with Crippen LogP contribution in [0.4, 0.5) is 0 Å². The molecule has 0 amide bonds. The summed E-state index contributed by atoms with van der Waals surface area (Å²) >= 11 is 5.84. The van der Waals surface area contributed by atoms with Crippen molar-refractivity contribution in [2.45, 2.75) is 19.3 Å². The fourth-order valence-corrected chi connectivity index (χ4v) is 2.28. The van der Waals surface area contributed by atoms with E-state index in [4.69, 9.17) is 16.0 Å². The number of Topliss-reactive ketones (excluding diaryl/α,β-unsaturated/α-hetero) is 1. The maximum absolute atomic E-state index is 11.7. The SMILES string of the molecule is O=C1CCCc2oc(-c3ccc(Cl)cc3)cc21. The van der Waals surface area contributed by atoms with Crippen molar-refractivity contribution in [3.63, 3.8) is 0 Å². The molecular weight excluding hydrogens is 236 g/mol. The summed E-state index contributed by atoms with van der Waals surface area (Å²) in [5.74, 6) is 1.77. The van der Waals surface area contributed by atoms with Crippen LogP contribution >= 0.6 is 11.6 Å². The molecule has 3 heteroatoms. The number of aryl methyl sites for hydroxylation is 1. The van der Waals surface area contributed by atoms with E-state index < -0.39 is 0 Å². The molecule has 2 aromatic rings. The van der Waals surface area contributed by atoms with Crippen molar-refractivity contribution in [3.05, 3.63) is 46.7 Å². The van der Waals surface area contributed by atoms with E-state index in [-0.39, 0.29) is 5.78 Å². The van der Waals surface area contributed by atoms with Gasteiger partial charge in [-0.3, -0.25) is 4.79 Å². The Labute approximate surface area is 104 Å². The average molecular weight is 247 g/mol. The van der Waals surface area contributed by atoms with Gasteiger partial charge in [0.15, 0.2) is 5.78 Å². The Balaban J connectivity index is 2.05. The van der Waals surface area contributed by atoms with Gasteiger partial charge < -0.3 is 4.42 Å². The number of ketones is 1. The molecule has 0 fully saturated rings. The molecule has 1 aliphatic carbocycles. The molecule has 0 unspecified atom stereocenters. The van der Waals surface area contributed by atoms with Gasteiger partial charge in [-0.1, -0.05) is 11.6 Å². The van der Waals surface area contributed by atoms with Gasteiger partial charge in [0.25, 0.3) is 0 Å². The highest BCUT2D eigenvalue weighted by atomic mass is 35.5. The summed E-state index contributed by atoms with van der Waals surface area (Å²) in [4.78, 5) is 11.7. The Morgan fingerprint density at radius 3 is 2.59 bits per heavy atom. The summed E-state index contributed by atoms with van der Waals surface area (Å²) in [5, 5.41) is 0.696. The van der Waals surface area contributed by atoms with Gasteiger partial charge in [0.1, 0.15) is 11.5 Å².